The molecule has 0 saturated carbocycles. The van der Waals surface area contributed by atoms with Crippen molar-refractivity contribution in [2.24, 2.45) is 5.73 Å². The lowest BCUT2D eigenvalue weighted by Crippen LogP contribution is -2.05. The summed E-state index contributed by atoms with van der Waals surface area (Å²) in [5.41, 5.74) is 5.35. The maximum Gasteiger partial charge on any atom is 0.168 e. The molecular formula is C12H19N3O. The van der Waals surface area contributed by atoms with Crippen molar-refractivity contribution in [3.8, 4) is 5.75 Å². The van der Waals surface area contributed by atoms with Gasteiger partial charge in [-0.15, -0.1) is 0 Å². The lowest BCUT2D eigenvalue weighted by molar-refractivity contribution is 0.318. The topological polar surface area (TPSA) is 60.2 Å². The third kappa shape index (κ3) is 4.31. The first-order valence-corrected chi connectivity index (χ1v) is 5.55. The summed E-state index contributed by atoms with van der Waals surface area (Å²) in [6, 6.07) is 3.78. The van der Waals surface area contributed by atoms with Crippen molar-refractivity contribution in [3.63, 3.8) is 0 Å². The SMILES string of the molecule is CCCOc1cccnc1NC/C=C/CN. The monoisotopic (exact) mass is 221 g/mol. The highest BCUT2D eigenvalue weighted by molar-refractivity contribution is 5.49. The van der Waals surface area contributed by atoms with Crippen molar-refractivity contribution in [3.05, 3.63) is 30.5 Å². The quantitative estimate of drug-likeness (QED) is 0.689. The number of anilines is 1. The van der Waals surface area contributed by atoms with Gasteiger partial charge < -0.3 is 15.8 Å². The summed E-state index contributed by atoms with van der Waals surface area (Å²) in [5.74, 6) is 1.57. The Bertz CT molecular complexity index is 326. The molecule has 0 spiro atoms. The van der Waals surface area contributed by atoms with Crippen molar-refractivity contribution in [1.82, 2.24) is 4.98 Å². The molecule has 0 aliphatic carbocycles. The fourth-order valence-electron chi connectivity index (χ4n) is 1.19. The number of nitrogens with one attached hydrogen (secondary N) is 1. The second kappa shape index (κ2) is 7.70. The predicted molar refractivity (Wildman–Crippen MR) is 66.7 cm³/mol. The van der Waals surface area contributed by atoms with Gasteiger partial charge in [0.25, 0.3) is 0 Å². The first-order valence-electron chi connectivity index (χ1n) is 5.55. The molecule has 0 unspecified atom stereocenters. The van der Waals surface area contributed by atoms with Crippen LogP contribution in [0.4, 0.5) is 5.82 Å². The molecule has 0 bridgehead atoms. The van der Waals surface area contributed by atoms with Crippen LogP contribution in [-0.2, 0) is 0 Å². The number of aromatic nitrogens is 1. The van der Waals surface area contributed by atoms with Gasteiger partial charge in [0.05, 0.1) is 6.61 Å². The molecule has 0 aliphatic rings. The number of nitrogens with two attached hydrogens (primary N) is 1. The van der Waals surface area contributed by atoms with Gasteiger partial charge >= 0.3 is 0 Å². The third-order valence-corrected chi connectivity index (χ3v) is 1.92. The van der Waals surface area contributed by atoms with Gasteiger partial charge in [0.15, 0.2) is 11.6 Å². The molecule has 1 rings (SSSR count). The minimum Gasteiger partial charge on any atom is -0.490 e. The van der Waals surface area contributed by atoms with Crippen LogP contribution < -0.4 is 15.8 Å². The van der Waals surface area contributed by atoms with Crippen LogP contribution in [0.25, 0.3) is 0 Å². The van der Waals surface area contributed by atoms with Gasteiger partial charge in [-0.2, -0.15) is 0 Å². The maximum absolute atomic E-state index is 5.57. The lowest BCUT2D eigenvalue weighted by atomic mass is 10.4. The van der Waals surface area contributed by atoms with E-state index in [-0.39, 0.29) is 0 Å². The van der Waals surface area contributed by atoms with Crippen LogP contribution in [0.3, 0.4) is 0 Å². The summed E-state index contributed by atoms with van der Waals surface area (Å²) in [5, 5.41) is 3.18. The van der Waals surface area contributed by atoms with Crippen molar-refractivity contribution in [2.45, 2.75) is 13.3 Å². The molecule has 88 valence electrons. The molecule has 4 heteroatoms. The van der Waals surface area contributed by atoms with Gasteiger partial charge in [-0.1, -0.05) is 19.1 Å². The van der Waals surface area contributed by atoms with Crippen LogP contribution in [0.2, 0.25) is 0 Å². The summed E-state index contributed by atoms with van der Waals surface area (Å²) < 4.78 is 5.57. The Morgan fingerprint density at radius 3 is 3.12 bits per heavy atom. The van der Waals surface area contributed by atoms with Gasteiger partial charge in [0.2, 0.25) is 0 Å². The Morgan fingerprint density at radius 1 is 1.50 bits per heavy atom. The first kappa shape index (κ1) is 12.5. The molecule has 0 amide bonds. The summed E-state index contributed by atoms with van der Waals surface area (Å²) in [6.45, 7) is 4.05. The first-order chi connectivity index (χ1) is 7.88. The van der Waals surface area contributed by atoms with Crippen molar-refractivity contribution in [2.75, 3.05) is 25.0 Å². The largest absolute Gasteiger partial charge is 0.490 e. The fourth-order valence-corrected chi connectivity index (χ4v) is 1.19. The summed E-state index contributed by atoms with van der Waals surface area (Å²) in [4.78, 5) is 4.23. The summed E-state index contributed by atoms with van der Waals surface area (Å²) in [6.07, 6.45) is 6.61. The van der Waals surface area contributed by atoms with Crippen LogP contribution in [0.15, 0.2) is 30.5 Å². The van der Waals surface area contributed by atoms with E-state index in [0.29, 0.717) is 19.7 Å². The number of pyridine rings is 1. The molecule has 0 aliphatic heterocycles. The number of rotatable bonds is 7. The molecule has 3 N–H and O–H groups in total. The van der Waals surface area contributed by atoms with E-state index < -0.39 is 0 Å². The van der Waals surface area contributed by atoms with Gasteiger partial charge in [-0.25, -0.2) is 4.98 Å². The maximum atomic E-state index is 5.57. The molecule has 4 nitrogen and oxygen atoms in total. The van der Waals surface area contributed by atoms with Gasteiger partial charge in [0, 0.05) is 19.3 Å². The molecule has 1 heterocycles. The number of ether oxygens (including phenoxy) is 1. The lowest BCUT2D eigenvalue weighted by Gasteiger charge is -2.10. The van der Waals surface area contributed by atoms with Crippen LogP contribution >= 0.6 is 0 Å². The molecule has 0 saturated heterocycles. The Kier molecular flexibility index (Phi) is 6.03. The average Bonchev–Trinajstić information content (AvgIpc) is 2.33. The van der Waals surface area contributed by atoms with Gasteiger partial charge in [0.1, 0.15) is 0 Å². The molecular weight excluding hydrogens is 202 g/mol. The number of hydrogen-bond acceptors (Lipinski definition) is 4. The zero-order valence-corrected chi connectivity index (χ0v) is 9.65. The van der Waals surface area contributed by atoms with E-state index in [4.69, 9.17) is 10.5 Å². The van der Waals surface area contributed by atoms with Crippen molar-refractivity contribution >= 4 is 5.82 Å². The van der Waals surface area contributed by atoms with E-state index in [0.717, 1.165) is 18.0 Å². The number of hydrogen-bond donors (Lipinski definition) is 2. The molecule has 0 fully saturated rings. The van der Waals surface area contributed by atoms with Crippen LogP contribution in [0, 0.1) is 0 Å². The normalized spacial score (nSPS) is 10.6. The highest BCUT2D eigenvalue weighted by Crippen LogP contribution is 2.20. The average molecular weight is 221 g/mol. The zero-order valence-electron chi connectivity index (χ0n) is 9.65. The van der Waals surface area contributed by atoms with Gasteiger partial charge in [-0.05, 0) is 18.6 Å². The molecule has 0 radical (unpaired) electrons. The highest BCUT2D eigenvalue weighted by atomic mass is 16.5. The van der Waals surface area contributed by atoms with E-state index in [1.54, 1.807) is 6.20 Å². The minimum absolute atomic E-state index is 0.559. The van der Waals surface area contributed by atoms with E-state index in [1.165, 1.54) is 0 Å². The van der Waals surface area contributed by atoms with E-state index in [1.807, 2.05) is 24.3 Å². The van der Waals surface area contributed by atoms with Crippen LogP contribution in [-0.4, -0.2) is 24.7 Å². The van der Waals surface area contributed by atoms with E-state index in [9.17, 15) is 0 Å². The standard InChI is InChI=1S/C12H19N3O/c1-2-10-16-11-6-5-9-15-12(11)14-8-4-3-7-13/h3-6,9H,2,7-8,10,13H2,1H3,(H,14,15)/b4-3+. The van der Waals surface area contributed by atoms with Gasteiger partial charge in [-0.3, -0.25) is 0 Å². The molecule has 0 aromatic carbocycles. The molecule has 16 heavy (non-hydrogen) atoms. The van der Waals surface area contributed by atoms with Crippen LogP contribution in [0.1, 0.15) is 13.3 Å². The predicted octanol–water partition coefficient (Wildman–Crippen LogP) is 1.80. The summed E-state index contributed by atoms with van der Waals surface area (Å²) >= 11 is 0. The Hall–Kier alpha value is -1.55. The highest BCUT2D eigenvalue weighted by Gasteiger charge is 2.01. The zero-order chi connectivity index (χ0) is 11.6. The Labute approximate surface area is 96.5 Å². The minimum atomic E-state index is 0.559. The smallest absolute Gasteiger partial charge is 0.168 e. The Balaban J connectivity index is 2.52. The fraction of sp³-hybridized carbons (Fsp3) is 0.417. The second-order valence-electron chi connectivity index (χ2n) is 3.29. The van der Waals surface area contributed by atoms with Crippen LogP contribution in [0.5, 0.6) is 5.75 Å². The molecule has 1 aromatic rings. The number of nitrogens with zero attached hydrogens (tertiary/aromatic N) is 1. The second-order valence-corrected chi connectivity index (χ2v) is 3.29. The molecule has 1 aromatic heterocycles. The van der Waals surface area contributed by atoms with Crippen molar-refractivity contribution in [1.29, 1.82) is 0 Å². The summed E-state index contributed by atoms with van der Waals surface area (Å²) in [7, 11) is 0. The molecule has 0 atom stereocenters. The van der Waals surface area contributed by atoms with E-state index >= 15 is 0 Å². The van der Waals surface area contributed by atoms with Crippen molar-refractivity contribution < 1.29 is 4.74 Å². The van der Waals surface area contributed by atoms with E-state index in [2.05, 4.69) is 17.2 Å². The Morgan fingerprint density at radius 2 is 2.38 bits per heavy atom. The third-order valence-electron chi connectivity index (χ3n) is 1.92.